The summed E-state index contributed by atoms with van der Waals surface area (Å²) in [5.74, 6) is -4.18. The van der Waals surface area contributed by atoms with Gasteiger partial charge in [-0.25, -0.2) is 13.2 Å². The lowest BCUT2D eigenvalue weighted by atomic mass is 9.90. The van der Waals surface area contributed by atoms with Crippen molar-refractivity contribution in [2.45, 2.75) is 71.5 Å². The van der Waals surface area contributed by atoms with E-state index in [4.69, 9.17) is 14.2 Å². The topological polar surface area (TPSA) is 36.9 Å². The Hall–Kier alpha value is -3.33. The molecule has 9 heteroatoms. The summed E-state index contributed by atoms with van der Waals surface area (Å²) in [5, 5.41) is 0. The SMILES string of the molecule is CCCOc1cc([C@@H]2CCC(CCC)CO2)cc(OCCC)c1-c1ccc(C(F)(F)Oc2cc(F)c(F)c(F)c2)cc1. The summed E-state index contributed by atoms with van der Waals surface area (Å²) in [4.78, 5) is 0. The van der Waals surface area contributed by atoms with Crippen molar-refractivity contribution in [2.24, 2.45) is 5.92 Å². The molecule has 1 aliphatic rings. The molecule has 4 rings (SSSR count). The van der Waals surface area contributed by atoms with Crippen molar-refractivity contribution in [2.75, 3.05) is 19.8 Å². The summed E-state index contributed by atoms with van der Waals surface area (Å²) >= 11 is 0. The van der Waals surface area contributed by atoms with Gasteiger partial charge in [-0.2, -0.15) is 8.78 Å². The Balaban J connectivity index is 1.66. The molecule has 42 heavy (non-hydrogen) atoms. The van der Waals surface area contributed by atoms with Crippen molar-refractivity contribution in [1.29, 1.82) is 0 Å². The summed E-state index contributed by atoms with van der Waals surface area (Å²) in [7, 11) is 0. The van der Waals surface area contributed by atoms with Crippen LogP contribution in [0.2, 0.25) is 0 Å². The summed E-state index contributed by atoms with van der Waals surface area (Å²) in [6.07, 6.45) is 1.70. The number of ether oxygens (including phenoxy) is 4. The van der Waals surface area contributed by atoms with E-state index in [1.54, 1.807) is 0 Å². The van der Waals surface area contributed by atoms with Gasteiger partial charge in [-0.05, 0) is 73.4 Å². The zero-order chi connectivity index (χ0) is 30.3. The maximum Gasteiger partial charge on any atom is 0.426 e. The highest BCUT2D eigenvalue weighted by Crippen LogP contribution is 2.44. The van der Waals surface area contributed by atoms with E-state index in [0.29, 0.717) is 60.5 Å². The second-order valence-corrected chi connectivity index (χ2v) is 10.5. The molecule has 0 N–H and O–H groups in total. The number of benzene rings is 3. The number of halogens is 5. The second kappa shape index (κ2) is 14.2. The molecule has 1 unspecified atom stereocenters. The molecule has 0 saturated carbocycles. The Morgan fingerprint density at radius 2 is 1.40 bits per heavy atom. The van der Waals surface area contributed by atoms with Crippen LogP contribution < -0.4 is 14.2 Å². The quantitative estimate of drug-likeness (QED) is 0.146. The van der Waals surface area contributed by atoms with Gasteiger partial charge >= 0.3 is 6.11 Å². The van der Waals surface area contributed by atoms with E-state index in [1.807, 2.05) is 26.0 Å². The first-order valence-electron chi connectivity index (χ1n) is 14.5. The van der Waals surface area contributed by atoms with Crippen LogP contribution in [0.15, 0.2) is 48.5 Å². The standard InChI is InChI=1S/C33H37F5O4/c1-4-7-21-8-13-28(41-20-21)23-16-29(39-14-5-2)31(30(17-23)40-15-6-3)22-9-11-24(12-10-22)33(37,38)42-25-18-26(34)32(36)27(35)19-25/h9-12,16-19,21,28H,4-8,13-15,20H2,1-3H3/t21?,28-/m0/s1. The van der Waals surface area contributed by atoms with Crippen LogP contribution in [0.25, 0.3) is 11.1 Å². The first kappa shape index (κ1) is 31.6. The van der Waals surface area contributed by atoms with Crippen LogP contribution in [0.4, 0.5) is 22.0 Å². The van der Waals surface area contributed by atoms with Crippen molar-refractivity contribution in [1.82, 2.24) is 0 Å². The van der Waals surface area contributed by atoms with Gasteiger partial charge in [-0.15, -0.1) is 0 Å². The summed E-state index contributed by atoms with van der Waals surface area (Å²) in [6, 6.07) is 9.91. The molecular formula is C33H37F5O4. The highest BCUT2D eigenvalue weighted by molar-refractivity contribution is 5.78. The van der Waals surface area contributed by atoms with Crippen LogP contribution in [0.1, 0.15) is 76.5 Å². The largest absolute Gasteiger partial charge is 0.493 e. The van der Waals surface area contributed by atoms with Crippen molar-refractivity contribution in [3.63, 3.8) is 0 Å². The molecule has 1 heterocycles. The average Bonchev–Trinajstić information content (AvgIpc) is 2.98. The van der Waals surface area contributed by atoms with Crippen LogP contribution in [0.3, 0.4) is 0 Å². The molecular weight excluding hydrogens is 555 g/mol. The monoisotopic (exact) mass is 592 g/mol. The van der Waals surface area contributed by atoms with Crippen LogP contribution in [0, 0.1) is 23.4 Å². The molecule has 0 bridgehead atoms. The third-order valence-corrected chi connectivity index (χ3v) is 7.16. The van der Waals surface area contributed by atoms with E-state index < -0.39 is 34.9 Å². The predicted molar refractivity (Wildman–Crippen MR) is 151 cm³/mol. The fourth-order valence-corrected chi connectivity index (χ4v) is 5.07. The Morgan fingerprint density at radius 1 is 0.810 bits per heavy atom. The highest BCUT2D eigenvalue weighted by Gasteiger charge is 2.35. The maximum absolute atomic E-state index is 14.9. The van der Waals surface area contributed by atoms with Gasteiger partial charge in [0.1, 0.15) is 17.2 Å². The van der Waals surface area contributed by atoms with Crippen LogP contribution in [0.5, 0.6) is 17.2 Å². The lowest BCUT2D eigenvalue weighted by molar-refractivity contribution is -0.185. The van der Waals surface area contributed by atoms with Gasteiger partial charge in [-0.1, -0.05) is 39.3 Å². The first-order chi connectivity index (χ1) is 20.2. The van der Waals surface area contributed by atoms with Gasteiger partial charge in [-0.3, -0.25) is 0 Å². The van der Waals surface area contributed by atoms with E-state index in [9.17, 15) is 22.0 Å². The van der Waals surface area contributed by atoms with Crippen molar-refractivity contribution in [3.05, 3.63) is 77.1 Å². The van der Waals surface area contributed by atoms with Gasteiger partial charge in [0.25, 0.3) is 0 Å². The minimum absolute atomic E-state index is 0.0977. The minimum atomic E-state index is -3.95. The zero-order valence-electron chi connectivity index (χ0n) is 24.2. The second-order valence-electron chi connectivity index (χ2n) is 10.5. The molecule has 0 aromatic heterocycles. The third kappa shape index (κ3) is 7.54. The highest BCUT2D eigenvalue weighted by atomic mass is 19.3. The maximum atomic E-state index is 14.9. The zero-order valence-corrected chi connectivity index (χ0v) is 24.2. The number of hydrogen-bond acceptors (Lipinski definition) is 4. The van der Waals surface area contributed by atoms with Gasteiger partial charge in [0, 0.05) is 12.1 Å². The van der Waals surface area contributed by atoms with E-state index in [0.717, 1.165) is 56.2 Å². The molecule has 228 valence electrons. The lowest BCUT2D eigenvalue weighted by Crippen LogP contribution is -2.22. The number of rotatable bonds is 13. The van der Waals surface area contributed by atoms with Gasteiger partial charge in [0.15, 0.2) is 17.5 Å². The fraction of sp³-hybridized carbons (Fsp3) is 0.455. The molecule has 3 aromatic rings. The van der Waals surface area contributed by atoms with Crippen molar-refractivity contribution in [3.8, 4) is 28.4 Å². The van der Waals surface area contributed by atoms with E-state index in [1.165, 1.54) is 12.1 Å². The molecule has 4 nitrogen and oxygen atoms in total. The van der Waals surface area contributed by atoms with Crippen molar-refractivity contribution < 1.29 is 40.9 Å². The summed E-state index contributed by atoms with van der Waals surface area (Å²) < 4.78 is 93.3. The molecule has 1 aliphatic heterocycles. The third-order valence-electron chi connectivity index (χ3n) is 7.16. The minimum Gasteiger partial charge on any atom is -0.493 e. The van der Waals surface area contributed by atoms with E-state index in [2.05, 4.69) is 11.7 Å². The Kier molecular flexibility index (Phi) is 10.7. The van der Waals surface area contributed by atoms with E-state index in [-0.39, 0.29) is 6.10 Å². The summed E-state index contributed by atoms with van der Waals surface area (Å²) in [6.45, 7) is 7.75. The Labute approximate surface area is 243 Å². The van der Waals surface area contributed by atoms with E-state index >= 15 is 0 Å². The summed E-state index contributed by atoms with van der Waals surface area (Å²) in [5.41, 5.74) is 1.59. The molecule has 2 atom stereocenters. The van der Waals surface area contributed by atoms with Gasteiger partial charge in [0.2, 0.25) is 0 Å². The van der Waals surface area contributed by atoms with Gasteiger partial charge < -0.3 is 18.9 Å². The molecule has 0 aliphatic carbocycles. The normalized spacial score (nSPS) is 17.2. The molecule has 0 radical (unpaired) electrons. The Morgan fingerprint density at radius 3 is 1.90 bits per heavy atom. The number of alkyl halides is 2. The van der Waals surface area contributed by atoms with Gasteiger partial charge in [0.05, 0.1) is 37.1 Å². The number of hydrogen-bond donors (Lipinski definition) is 0. The van der Waals surface area contributed by atoms with Crippen molar-refractivity contribution >= 4 is 0 Å². The van der Waals surface area contributed by atoms with Crippen LogP contribution in [-0.4, -0.2) is 19.8 Å². The van der Waals surface area contributed by atoms with Crippen LogP contribution in [-0.2, 0) is 10.8 Å². The molecule has 0 amide bonds. The molecule has 0 spiro atoms. The average molecular weight is 593 g/mol. The predicted octanol–water partition coefficient (Wildman–Crippen LogP) is 9.74. The first-order valence-corrected chi connectivity index (χ1v) is 14.5. The fourth-order valence-electron chi connectivity index (χ4n) is 5.07. The Bertz CT molecular complexity index is 1270. The molecule has 1 fully saturated rings. The smallest absolute Gasteiger partial charge is 0.426 e. The molecule has 1 saturated heterocycles. The molecule has 3 aromatic carbocycles. The van der Waals surface area contributed by atoms with Crippen LogP contribution >= 0.6 is 0 Å². The lowest BCUT2D eigenvalue weighted by Gasteiger charge is -2.30.